The third kappa shape index (κ3) is 2.32. The highest BCUT2D eigenvalue weighted by atomic mass is 32.2. The second-order valence-electron chi connectivity index (χ2n) is 7.42. The van der Waals surface area contributed by atoms with Crippen LogP contribution in [0, 0.1) is 16.7 Å². The molecule has 3 rings (SSSR count). The number of ketones is 1. The van der Waals surface area contributed by atoms with Crippen LogP contribution in [-0.4, -0.2) is 26.5 Å². The molecule has 2 aliphatic carbocycles. The van der Waals surface area contributed by atoms with Crippen LogP contribution in [0.25, 0.3) is 0 Å². The van der Waals surface area contributed by atoms with Crippen LogP contribution in [0.1, 0.15) is 40.0 Å². The Labute approximate surface area is 138 Å². The maximum Gasteiger partial charge on any atom is 0.236 e. The van der Waals surface area contributed by atoms with Crippen LogP contribution < -0.4 is 4.31 Å². The van der Waals surface area contributed by atoms with E-state index in [0.29, 0.717) is 31.0 Å². The number of carbonyl (C=O) groups is 1. The lowest BCUT2D eigenvalue weighted by Crippen LogP contribution is -2.46. The largest absolute Gasteiger partial charge is 0.299 e. The van der Waals surface area contributed by atoms with Gasteiger partial charge in [-0.15, -0.1) is 0 Å². The summed E-state index contributed by atoms with van der Waals surface area (Å²) in [7, 11) is -3.54. The number of fused-ring (bicyclic) bond motifs is 2. The first-order chi connectivity index (χ1) is 10.7. The monoisotopic (exact) mass is 335 g/mol. The van der Waals surface area contributed by atoms with Crippen molar-refractivity contribution < 1.29 is 13.2 Å². The number of anilines is 1. The maximum atomic E-state index is 13.1. The Morgan fingerprint density at radius 3 is 2.35 bits per heavy atom. The van der Waals surface area contributed by atoms with Crippen molar-refractivity contribution in [2.75, 3.05) is 16.6 Å². The predicted molar refractivity (Wildman–Crippen MR) is 91.8 cm³/mol. The highest BCUT2D eigenvalue weighted by Gasteiger charge is 2.65. The number of rotatable bonds is 5. The van der Waals surface area contributed by atoms with Crippen molar-refractivity contribution in [3.05, 3.63) is 30.3 Å². The van der Waals surface area contributed by atoms with Gasteiger partial charge in [0.05, 0.1) is 16.9 Å². The van der Waals surface area contributed by atoms with Crippen LogP contribution in [0.15, 0.2) is 30.3 Å². The zero-order valence-electron chi connectivity index (χ0n) is 14.1. The summed E-state index contributed by atoms with van der Waals surface area (Å²) in [5.74, 6) is 0.411. The normalized spacial score (nSPS) is 29.0. The topological polar surface area (TPSA) is 54.5 Å². The van der Waals surface area contributed by atoms with Crippen molar-refractivity contribution in [3.63, 3.8) is 0 Å². The summed E-state index contributed by atoms with van der Waals surface area (Å²) in [5, 5.41) is 0. The molecule has 0 unspecified atom stereocenters. The maximum absolute atomic E-state index is 13.1. The summed E-state index contributed by atoms with van der Waals surface area (Å²) in [6.07, 6.45) is 2.21. The molecule has 0 saturated heterocycles. The van der Waals surface area contributed by atoms with E-state index in [1.54, 1.807) is 12.1 Å². The van der Waals surface area contributed by atoms with Gasteiger partial charge in [0.15, 0.2) is 0 Å². The summed E-state index contributed by atoms with van der Waals surface area (Å²) in [6.45, 7) is 6.36. The minimum absolute atomic E-state index is 0.0644. The van der Waals surface area contributed by atoms with Gasteiger partial charge in [0.2, 0.25) is 10.0 Å². The van der Waals surface area contributed by atoms with Gasteiger partial charge in [0.1, 0.15) is 5.78 Å². The molecule has 23 heavy (non-hydrogen) atoms. The number of nitrogens with zero attached hydrogens (tertiary/aromatic N) is 1. The minimum atomic E-state index is -3.54. The van der Waals surface area contributed by atoms with E-state index in [9.17, 15) is 13.2 Å². The minimum Gasteiger partial charge on any atom is -0.299 e. The van der Waals surface area contributed by atoms with E-state index in [4.69, 9.17) is 0 Å². The van der Waals surface area contributed by atoms with Crippen LogP contribution in [0.4, 0.5) is 5.69 Å². The fraction of sp³-hybridized carbons (Fsp3) is 0.611. The van der Waals surface area contributed by atoms with Gasteiger partial charge in [-0.2, -0.15) is 0 Å². The average Bonchev–Trinajstić information content (AvgIpc) is 2.82. The molecule has 2 atom stereocenters. The van der Waals surface area contributed by atoms with E-state index in [1.807, 2.05) is 25.1 Å². The van der Waals surface area contributed by atoms with Gasteiger partial charge in [-0.1, -0.05) is 32.0 Å². The second-order valence-corrected chi connectivity index (χ2v) is 9.32. The fourth-order valence-electron chi connectivity index (χ4n) is 4.63. The molecule has 4 nitrogen and oxygen atoms in total. The van der Waals surface area contributed by atoms with Crippen molar-refractivity contribution in [2.45, 2.75) is 40.0 Å². The number of sulfonamides is 1. The van der Waals surface area contributed by atoms with Crippen molar-refractivity contribution >= 4 is 21.5 Å². The first-order valence-corrected chi connectivity index (χ1v) is 9.94. The first-order valence-electron chi connectivity index (χ1n) is 8.33. The highest BCUT2D eigenvalue weighted by Crippen LogP contribution is 2.64. The Kier molecular flexibility index (Phi) is 3.82. The lowest BCUT2D eigenvalue weighted by Gasteiger charge is -2.38. The Morgan fingerprint density at radius 2 is 1.87 bits per heavy atom. The molecule has 0 N–H and O–H groups in total. The van der Waals surface area contributed by atoms with Crippen LogP contribution in [0.3, 0.4) is 0 Å². The Morgan fingerprint density at radius 1 is 1.22 bits per heavy atom. The third-order valence-electron chi connectivity index (χ3n) is 6.24. The summed E-state index contributed by atoms with van der Waals surface area (Å²) in [6, 6.07) is 9.15. The average molecular weight is 335 g/mol. The van der Waals surface area contributed by atoms with Gasteiger partial charge in [0, 0.05) is 13.0 Å². The number of hydrogen-bond donors (Lipinski definition) is 0. The van der Waals surface area contributed by atoms with Gasteiger partial charge in [-0.25, -0.2) is 8.42 Å². The van der Waals surface area contributed by atoms with Crippen LogP contribution in [-0.2, 0) is 14.8 Å². The molecule has 0 spiro atoms. The fourth-order valence-corrected chi connectivity index (χ4v) is 6.92. The molecule has 0 heterocycles. The zero-order chi connectivity index (χ0) is 16.9. The SMILES string of the molecule is CCN(c1ccccc1)S(=O)(=O)C[C@]12CC[C@@H](CC1=O)C2(C)C. The quantitative estimate of drug-likeness (QED) is 0.830. The number of carbonyl (C=O) groups excluding carboxylic acids is 1. The standard InChI is InChI=1S/C18H25NO3S/c1-4-19(15-8-6-5-7-9-15)23(21,22)13-18-11-10-14(12-16(18)20)17(18,2)3/h5-9,14H,4,10-13H2,1-3H3/t14-,18+/m0/s1. The van der Waals surface area contributed by atoms with E-state index in [0.717, 1.165) is 6.42 Å². The molecule has 1 aromatic carbocycles. The smallest absolute Gasteiger partial charge is 0.236 e. The van der Waals surface area contributed by atoms with E-state index in [2.05, 4.69) is 13.8 Å². The molecule has 126 valence electrons. The van der Waals surface area contributed by atoms with E-state index >= 15 is 0 Å². The second kappa shape index (κ2) is 5.33. The molecule has 5 heteroatoms. The number of Topliss-reactive ketones (excluding diaryl/α,β-unsaturated/α-hetero) is 1. The number of hydrogen-bond acceptors (Lipinski definition) is 3. The van der Waals surface area contributed by atoms with E-state index < -0.39 is 15.4 Å². The van der Waals surface area contributed by atoms with E-state index in [-0.39, 0.29) is 17.0 Å². The molecule has 2 fully saturated rings. The molecule has 2 saturated carbocycles. The molecule has 2 bridgehead atoms. The van der Waals surface area contributed by atoms with Gasteiger partial charge in [-0.3, -0.25) is 9.10 Å². The lowest BCUT2D eigenvalue weighted by molar-refractivity contribution is -0.128. The number of benzene rings is 1. The summed E-state index contributed by atoms with van der Waals surface area (Å²) in [4.78, 5) is 12.6. The molecular weight excluding hydrogens is 310 g/mol. The molecule has 0 amide bonds. The Balaban J connectivity index is 1.96. The molecule has 0 aliphatic heterocycles. The third-order valence-corrected chi connectivity index (χ3v) is 8.23. The summed E-state index contributed by atoms with van der Waals surface area (Å²) >= 11 is 0. The predicted octanol–water partition coefficient (Wildman–Crippen LogP) is 3.24. The first kappa shape index (κ1) is 16.5. The molecule has 0 radical (unpaired) electrons. The van der Waals surface area contributed by atoms with Gasteiger partial charge >= 0.3 is 0 Å². The zero-order valence-corrected chi connectivity index (χ0v) is 14.9. The van der Waals surface area contributed by atoms with Gasteiger partial charge in [0.25, 0.3) is 0 Å². The Hall–Kier alpha value is -1.36. The van der Waals surface area contributed by atoms with Gasteiger partial charge in [-0.05, 0) is 43.2 Å². The summed E-state index contributed by atoms with van der Waals surface area (Å²) in [5.41, 5.74) is -0.268. The van der Waals surface area contributed by atoms with Crippen molar-refractivity contribution in [2.24, 2.45) is 16.7 Å². The number of para-hydroxylation sites is 1. The molecule has 0 aromatic heterocycles. The summed E-state index contributed by atoms with van der Waals surface area (Å²) < 4.78 is 27.7. The van der Waals surface area contributed by atoms with Crippen LogP contribution in [0.2, 0.25) is 0 Å². The highest BCUT2D eigenvalue weighted by molar-refractivity contribution is 7.92. The lowest BCUT2D eigenvalue weighted by atomic mass is 9.70. The van der Waals surface area contributed by atoms with Crippen LogP contribution in [0.5, 0.6) is 0 Å². The molecule has 1 aromatic rings. The molecular formula is C18H25NO3S. The Bertz CT molecular complexity index is 711. The van der Waals surface area contributed by atoms with E-state index in [1.165, 1.54) is 4.31 Å². The van der Waals surface area contributed by atoms with Crippen molar-refractivity contribution in [1.29, 1.82) is 0 Å². The van der Waals surface area contributed by atoms with Crippen molar-refractivity contribution in [3.8, 4) is 0 Å². The van der Waals surface area contributed by atoms with Crippen LogP contribution >= 0.6 is 0 Å². The molecule has 2 aliphatic rings. The van der Waals surface area contributed by atoms with Crippen molar-refractivity contribution in [1.82, 2.24) is 0 Å². The van der Waals surface area contributed by atoms with Gasteiger partial charge < -0.3 is 0 Å².